The third kappa shape index (κ3) is 4.10. The van der Waals surface area contributed by atoms with Gasteiger partial charge in [0.2, 0.25) is 0 Å². The highest BCUT2D eigenvalue weighted by Crippen LogP contribution is 2.29. The standard InChI is InChI=1S/C22H18Cl2N2O/c23-18-11-19(24)13-20(12-18)25-22(27)17-7-5-15(6-8-17)14-26-10-9-16-3-1-2-4-21(16)26/h1-8,11-13H,9-10,14H2,(H,25,27). The number of carbonyl (C=O) groups is 1. The molecule has 136 valence electrons. The second-order valence-corrected chi connectivity index (χ2v) is 7.48. The lowest BCUT2D eigenvalue weighted by Crippen LogP contribution is -2.19. The molecule has 1 amide bonds. The van der Waals surface area contributed by atoms with Crippen LogP contribution in [0.25, 0.3) is 0 Å². The Morgan fingerprint density at radius 3 is 2.41 bits per heavy atom. The van der Waals surface area contributed by atoms with Crippen LogP contribution in [0.4, 0.5) is 11.4 Å². The Morgan fingerprint density at radius 2 is 1.67 bits per heavy atom. The van der Waals surface area contributed by atoms with Crippen LogP contribution in [0.3, 0.4) is 0 Å². The summed E-state index contributed by atoms with van der Waals surface area (Å²) in [4.78, 5) is 14.8. The number of benzene rings is 3. The number of amides is 1. The third-order valence-electron chi connectivity index (χ3n) is 4.69. The number of hydrogen-bond acceptors (Lipinski definition) is 2. The maximum atomic E-state index is 12.4. The van der Waals surface area contributed by atoms with E-state index >= 15 is 0 Å². The molecule has 3 aromatic rings. The summed E-state index contributed by atoms with van der Waals surface area (Å²) in [6.07, 6.45) is 1.08. The average Bonchev–Trinajstić information content (AvgIpc) is 3.04. The zero-order valence-electron chi connectivity index (χ0n) is 14.6. The van der Waals surface area contributed by atoms with Gasteiger partial charge in [-0.25, -0.2) is 0 Å². The molecule has 4 rings (SSSR count). The van der Waals surface area contributed by atoms with Gasteiger partial charge in [0.1, 0.15) is 0 Å². The zero-order chi connectivity index (χ0) is 18.8. The number of rotatable bonds is 4. The van der Waals surface area contributed by atoms with E-state index < -0.39 is 0 Å². The Balaban J connectivity index is 1.44. The maximum Gasteiger partial charge on any atom is 0.255 e. The van der Waals surface area contributed by atoms with Gasteiger partial charge in [-0.15, -0.1) is 0 Å². The smallest absolute Gasteiger partial charge is 0.255 e. The molecule has 3 nitrogen and oxygen atoms in total. The van der Waals surface area contributed by atoms with Gasteiger partial charge in [0.15, 0.2) is 0 Å². The zero-order valence-corrected chi connectivity index (χ0v) is 16.1. The van der Waals surface area contributed by atoms with Crippen molar-refractivity contribution >= 4 is 40.5 Å². The molecule has 1 aliphatic heterocycles. The highest BCUT2D eigenvalue weighted by Gasteiger charge is 2.18. The summed E-state index contributed by atoms with van der Waals surface area (Å²) in [5.74, 6) is -0.189. The molecular formula is C22H18Cl2N2O. The fourth-order valence-electron chi connectivity index (χ4n) is 3.38. The normalized spacial score (nSPS) is 12.7. The first-order valence-corrected chi connectivity index (χ1v) is 9.53. The van der Waals surface area contributed by atoms with Crippen molar-refractivity contribution in [3.8, 4) is 0 Å². The Hall–Kier alpha value is -2.49. The number of carbonyl (C=O) groups excluding carboxylic acids is 1. The second-order valence-electron chi connectivity index (χ2n) is 6.61. The molecule has 5 heteroatoms. The minimum Gasteiger partial charge on any atom is -0.367 e. The summed E-state index contributed by atoms with van der Waals surface area (Å²) < 4.78 is 0. The number of halogens is 2. The molecule has 0 spiro atoms. The van der Waals surface area contributed by atoms with E-state index in [1.807, 2.05) is 24.3 Å². The fraction of sp³-hybridized carbons (Fsp3) is 0.136. The molecule has 1 N–H and O–H groups in total. The largest absolute Gasteiger partial charge is 0.367 e. The molecule has 0 saturated carbocycles. The summed E-state index contributed by atoms with van der Waals surface area (Å²) in [5, 5.41) is 3.80. The quantitative estimate of drug-likeness (QED) is 0.603. The molecule has 27 heavy (non-hydrogen) atoms. The van der Waals surface area contributed by atoms with Gasteiger partial charge in [0, 0.05) is 40.1 Å². The molecule has 0 unspecified atom stereocenters. The van der Waals surface area contributed by atoms with E-state index in [9.17, 15) is 4.79 Å². The second kappa shape index (κ2) is 7.63. The fourth-order valence-corrected chi connectivity index (χ4v) is 3.91. The highest BCUT2D eigenvalue weighted by molar-refractivity contribution is 6.35. The molecule has 1 aliphatic rings. The number of hydrogen-bond donors (Lipinski definition) is 1. The van der Waals surface area contributed by atoms with Gasteiger partial charge in [-0.3, -0.25) is 4.79 Å². The summed E-state index contributed by atoms with van der Waals surface area (Å²) in [6.45, 7) is 1.86. The topological polar surface area (TPSA) is 32.3 Å². The van der Waals surface area contributed by atoms with Gasteiger partial charge in [0.25, 0.3) is 5.91 Å². The number of anilines is 2. The van der Waals surface area contributed by atoms with Crippen molar-refractivity contribution in [2.75, 3.05) is 16.8 Å². The van der Waals surface area contributed by atoms with Crippen LogP contribution >= 0.6 is 23.2 Å². The number of fused-ring (bicyclic) bond motifs is 1. The van der Waals surface area contributed by atoms with Crippen molar-refractivity contribution in [3.05, 3.63) is 93.5 Å². The lowest BCUT2D eigenvalue weighted by Gasteiger charge is -2.19. The van der Waals surface area contributed by atoms with Gasteiger partial charge < -0.3 is 10.2 Å². The summed E-state index contributed by atoms with van der Waals surface area (Å²) >= 11 is 12.0. The molecule has 1 heterocycles. The van der Waals surface area contributed by atoms with Crippen molar-refractivity contribution in [3.63, 3.8) is 0 Å². The molecule has 0 atom stereocenters. The minimum atomic E-state index is -0.189. The van der Waals surface area contributed by atoms with Crippen LogP contribution in [-0.4, -0.2) is 12.5 Å². The van der Waals surface area contributed by atoms with Gasteiger partial charge in [0.05, 0.1) is 0 Å². The molecular weight excluding hydrogens is 379 g/mol. The summed E-state index contributed by atoms with van der Waals surface area (Å²) in [6, 6.07) is 21.2. The van der Waals surface area contributed by atoms with E-state index in [4.69, 9.17) is 23.2 Å². The minimum absolute atomic E-state index is 0.189. The maximum absolute atomic E-state index is 12.4. The number of nitrogens with one attached hydrogen (secondary N) is 1. The van der Waals surface area contributed by atoms with Crippen molar-refractivity contribution in [2.24, 2.45) is 0 Å². The first kappa shape index (κ1) is 17.9. The van der Waals surface area contributed by atoms with E-state index in [1.54, 1.807) is 18.2 Å². The lowest BCUT2D eigenvalue weighted by atomic mass is 10.1. The Bertz CT molecular complexity index is 966. The summed E-state index contributed by atoms with van der Waals surface area (Å²) in [7, 11) is 0. The molecule has 3 aromatic carbocycles. The molecule has 0 bridgehead atoms. The molecule has 0 saturated heterocycles. The third-order valence-corrected chi connectivity index (χ3v) is 5.13. The van der Waals surface area contributed by atoms with Gasteiger partial charge in [-0.05, 0) is 53.9 Å². The van der Waals surface area contributed by atoms with Crippen LogP contribution < -0.4 is 10.2 Å². The van der Waals surface area contributed by atoms with Crippen molar-refractivity contribution in [1.29, 1.82) is 0 Å². The van der Waals surface area contributed by atoms with Gasteiger partial charge >= 0.3 is 0 Å². The molecule has 0 radical (unpaired) electrons. The van der Waals surface area contributed by atoms with Crippen LogP contribution in [0.15, 0.2) is 66.7 Å². The van der Waals surface area contributed by atoms with Crippen LogP contribution in [0.5, 0.6) is 0 Å². The van der Waals surface area contributed by atoms with Crippen molar-refractivity contribution < 1.29 is 4.79 Å². The monoisotopic (exact) mass is 396 g/mol. The summed E-state index contributed by atoms with van der Waals surface area (Å²) in [5.41, 5.74) is 5.05. The Morgan fingerprint density at radius 1 is 0.963 bits per heavy atom. The average molecular weight is 397 g/mol. The van der Waals surface area contributed by atoms with Crippen molar-refractivity contribution in [2.45, 2.75) is 13.0 Å². The first-order chi connectivity index (χ1) is 13.1. The van der Waals surface area contributed by atoms with Crippen LogP contribution in [0.1, 0.15) is 21.5 Å². The predicted molar refractivity (Wildman–Crippen MR) is 112 cm³/mol. The number of para-hydroxylation sites is 1. The van der Waals surface area contributed by atoms with E-state index in [1.165, 1.54) is 16.8 Å². The van der Waals surface area contributed by atoms with E-state index in [0.29, 0.717) is 21.3 Å². The Labute approximate surface area is 168 Å². The van der Waals surface area contributed by atoms with Gasteiger partial charge in [-0.2, -0.15) is 0 Å². The molecule has 0 fully saturated rings. The number of nitrogens with zero attached hydrogens (tertiary/aromatic N) is 1. The predicted octanol–water partition coefficient (Wildman–Crippen LogP) is 5.81. The SMILES string of the molecule is O=C(Nc1cc(Cl)cc(Cl)c1)c1ccc(CN2CCc3ccccc32)cc1. The van der Waals surface area contributed by atoms with Crippen LogP contribution in [0.2, 0.25) is 10.0 Å². The highest BCUT2D eigenvalue weighted by atomic mass is 35.5. The van der Waals surface area contributed by atoms with E-state index in [0.717, 1.165) is 19.5 Å². The molecule has 0 aliphatic carbocycles. The van der Waals surface area contributed by atoms with E-state index in [-0.39, 0.29) is 5.91 Å². The Kier molecular flexibility index (Phi) is 5.06. The van der Waals surface area contributed by atoms with Gasteiger partial charge in [-0.1, -0.05) is 53.5 Å². The van der Waals surface area contributed by atoms with Crippen molar-refractivity contribution in [1.82, 2.24) is 0 Å². The van der Waals surface area contributed by atoms with Crippen LogP contribution in [-0.2, 0) is 13.0 Å². The van der Waals surface area contributed by atoms with Crippen LogP contribution in [0, 0.1) is 0 Å². The molecule has 0 aromatic heterocycles. The lowest BCUT2D eigenvalue weighted by molar-refractivity contribution is 0.102. The first-order valence-electron chi connectivity index (χ1n) is 8.78. The van der Waals surface area contributed by atoms with E-state index in [2.05, 4.69) is 34.5 Å².